The van der Waals surface area contributed by atoms with E-state index in [9.17, 15) is 18.3 Å². The van der Waals surface area contributed by atoms with E-state index in [1.54, 1.807) is 35.0 Å². The first-order chi connectivity index (χ1) is 13.7. The van der Waals surface area contributed by atoms with Crippen molar-refractivity contribution in [1.29, 1.82) is 0 Å². The van der Waals surface area contributed by atoms with Gasteiger partial charge in [0.25, 0.3) is 5.56 Å². The van der Waals surface area contributed by atoms with Crippen molar-refractivity contribution in [2.75, 3.05) is 11.1 Å². The van der Waals surface area contributed by atoms with Crippen LogP contribution in [-0.4, -0.2) is 22.7 Å². The Morgan fingerprint density at radius 3 is 2.72 bits per heavy atom. The first-order valence-corrected chi connectivity index (χ1v) is 10.8. The van der Waals surface area contributed by atoms with Gasteiger partial charge in [0.15, 0.2) is 5.75 Å². The number of fused-ring (bicyclic) bond motifs is 2. The summed E-state index contributed by atoms with van der Waals surface area (Å²) >= 11 is 0. The minimum Gasteiger partial charge on any atom is -0.505 e. The Morgan fingerprint density at radius 2 is 2.00 bits per heavy atom. The van der Waals surface area contributed by atoms with E-state index < -0.39 is 15.4 Å². The summed E-state index contributed by atoms with van der Waals surface area (Å²) in [5.74, 6) is 0.100. The Balaban J connectivity index is 1.94. The predicted molar refractivity (Wildman–Crippen MR) is 112 cm³/mol. The summed E-state index contributed by atoms with van der Waals surface area (Å²) in [5.41, 5.74) is 6.25. The van der Waals surface area contributed by atoms with Gasteiger partial charge in [0, 0.05) is 18.4 Å². The summed E-state index contributed by atoms with van der Waals surface area (Å²) < 4.78 is 28.7. The molecule has 1 aliphatic heterocycles. The number of aromatic nitrogens is 2. The standard InChI is InChI=1S/C20H22N4O4S/c1-12(2)7-9-24-20(26)18(19(25)16-4-3-8-23(16)24)15-11-29(27,28)17-10-13(21)5-6-14(17)22-15/h3-6,8,10-12,22,25H,7,9,21H2,1-2H3. The second-order valence-electron chi connectivity index (χ2n) is 7.53. The molecule has 29 heavy (non-hydrogen) atoms. The number of aryl methyl sites for hydroxylation is 1. The first kappa shape index (κ1) is 19.1. The number of rotatable bonds is 4. The van der Waals surface area contributed by atoms with E-state index in [2.05, 4.69) is 19.2 Å². The third kappa shape index (κ3) is 3.17. The molecular formula is C20H22N4O4S. The van der Waals surface area contributed by atoms with Crippen LogP contribution in [0.5, 0.6) is 5.75 Å². The number of nitrogens with two attached hydrogens (primary N) is 1. The van der Waals surface area contributed by atoms with Crippen LogP contribution in [0.2, 0.25) is 0 Å². The Kier molecular flexibility index (Phi) is 4.42. The van der Waals surface area contributed by atoms with Gasteiger partial charge in [0.05, 0.1) is 21.7 Å². The third-order valence-corrected chi connectivity index (χ3v) is 6.45. The number of anilines is 2. The van der Waals surface area contributed by atoms with Gasteiger partial charge in [0.1, 0.15) is 11.1 Å². The van der Waals surface area contributed by atoms with E-state index in [0.717, 1.165) is 11.8 Å². The van der Waals surface area contributed by atoms with Gasteiger partial charge in [-0.25, -0.2) is 13.1 Å². The monoisotopic (exact) mass is 414 g/mol. The number of benzene rings is 1. The predicted octanol–water partition coefficient (Wildman–Crippen LogP) is 2.63. The van der Waals surface area contributed by atoms with Crippen molar-refractivity contribution < 1.29 is 13.5 Å². The quantitative estimate of drug-likeness (QED) is 0.565. The molecule has 3 heterocycles. The fourth-order valence-electron chi connectivity index (χ4n) is 3.45. The highest BCUT2D eigenvalue weighted by Gasteiger charge is 2.28. The SMILES string of the molecule is CC(C)CCn1c(=O)c(C2=CS(=O)(=O)c3cc(N)ccc3N2)c(O)c2cccn21. The van der Waals surface area contributed by atoms with E-state index in [-0.39, 0.29) is 21.9 Å². The van der Waals surface area contributed by atoms with Gasteiger partial charge < -0.3 is 16.2 Å². The molecule has 0 aliphatic carbocycles. The zero-order valence-corrected chi connectivity index (χ0v) is 16.9. The van der Waals surface area contributed by atoms with Crippen LogP contribution >= 0.6 is 0 Å². The number of aromatic hydroxyl groups is 1. The van der Waals surface area contributed by atoms with E-state index in [4.69, 9.17) is 5.73 Å². The van der Waals surface area contributed by atoms with E-state index in [1.807, 2.05) is 0 Å². The Bertz CT molecular complexity index is 1320. The number of hydrogen-bond acceptors (Lipinski definition) is 6. The lowest BCUT2D eigenvalue weighted by molar-refractivity contribution is 0.436. The van der Waals surface area contributed by atoms with Crippen molar-refractivity contribution in [1.82, 2.24) is 9.20 Å². The molecule has 0 saturated heterocycles. The normalized spacial score (nSPS) is 15.2. The summed E-state index contributed by atoms with van der Waals surface area (Å²) in [5, 5.41) is 14.7. The van der Waals surface area contributed by atoms with Crippen molar-refractivity contribution in [2.24, 2.45) is 5.92 Å². The second-order valence-corrected chi connectivity index (χ2v) is 9.30. The molecule has 0 fully saturated rings. The Morgan fingerprint density at radius 1 is 1.24 bits per heavy atom. The van der Waals surface area contributed by atoms with Crippen molar-refractivity contribution in [3.8, 4) is 5.75 Å². The number of sulfone groups is 1. The largest absolute Gasteiger partial charge is 0.505 e. The van der Waals surface area contributed by atoms with Crippen LogP contribution in [0.1, 0.15) is 25.8 Å². The summed E-state index contributed by atoms with van der Waals surface area (Å²) in [6.45, 7) is 4.54. The lowest BCUT2D eigenvalue weighted by Gasteiger charge is -2.22. The van der Waals surface area contributed by atoms with Gasteiger partial charge >= 0.3 is 0 Å². The number of nitrogen functional groups attached to an aromatic ring is 1. The first-order valence-electron chi connectivity index (χ1n) is 9.26. The van der Waals surface area contributed by atoms with Gasteiger partial charge in [-0.15, -0.1) is 0 Å². The highest BCUT2D eigenvalue weighted by Crippen LogP contribution is 2.36. The van der Waals surface area contributed by atoms with Crippen LogP contribution in [0.25, 0.3) is 11.2 Å². The highest BCUT2D eigenvalue weighted by molar-refractivity contribution is 7.94. The van der Waals surface area contributed by atoms with Crippen LogP contribution in [0.15, 0.2) is 51.6 Å². The average Bonchev–Trinajstić information content (AvgIpc) is 3.11. The summed E-state index contributed by atoms with van der Waals surface area (Å²) in [4.78, 5) is 13.3. The van der Waals surface area contributed by atoms with Crippen LogP contribution in [0.3, 0.4) is 0 Å². The maximum atomic E-state index is 13.3. The van der Waals surface area contributed by atoms with E-state index in [1.165, 1.54) is 10.7 Å². The van der Waals surface area contributed by atoms with Crippen LogP contribution in [0, 0.1) is 5.92 Å². The molecule has 0 radical (unpaired) electrons. The van der Waals surface area contributed by atoms with Gasteiger partial charge in [0.2, 0.25) is 9.84 Å². The molecule has 3 aromatic rings. The summed E-state index contributed by atoms with van der Waals surface area (Å²) in [7, 11) is -3.84. The molecule has 0 unspecified atom stereocenters. The molecular weight excluding hydrogens is 392 g/mol. The Hall–Kier alpha value is -3.20. The maximum Gasteiger partial charge on any atom is 0.278 e. The van der Waals surface area contributed by atoms with Gasteiger partial charge in [-0.1, -0.05) is 13.8 Å². The van der Waals surface area contributed by atoms with Crippen LogP contribution < -0.4 is 16.6 Å². The third-order valence-electron chi connectivity index (χ3n) is 4.96. The molecule has 8 nitrogen and oxygen atoms in total. The fourth-order valence-corrected chi connectivity index (χ4v) is 4.79. The maximum absolute atomic E-state index is 13.3. The smallest absolute Gasteiger partial charge is 0.278 e. The van der Waals surface area contributed by atoms with Crippen LogP contribution in [-0.2, 0) is 16.4 Å². The molecule has 4 N–H and O–H groups in total. The minimum atomic E-state index is -3.84. The molecule has 1 aromatic carbocycles. The van der Waals surface area contributed by atoms with Gasteiger partial charge in [-0.05, 0) is 42.7 Å². The van der Waals surface area contributed by atoms with Crippen molar-refractivity contribution >= 4 is 32.4 Å². The van der Waals surface area contributed by atoms with E-state index >= 15 is 0 Å². The zero-order chi connectivity index (χ0) is 20.9. The topological polar surface area (TPSA) is 119 Å². The molecule has 1 aliphatic rings. The summed E-state index contributed by atoms with van der Waals surface area (Å²) in [6, 6.07) is 7.88. The molecule has 4 rings (SSSR count). The molecule has 0 bridgehead atoms. The average molecular weight is 414 g/mol. The molecule has 0 spiro atoms. The number of nitrogens with one attached hydrogen (secondary N) is 1. The molecule has 2 aromatic heterocycles. The van der Waals surface area contributed by atoms with Crippen LogP contribution in [0.4, 0.5) is 11.4 Å². The molecule has 0 atom stereocenters. The van der Waals surface area contributed by atoms with Crippen molar-refractivity contribution in [3.05, 3.63) is 57.9 Å². The van der Waals surface area contributed by atoms with Crippen molar-refractivity contribution in [3.63, 3.8) is 0 Å². The zero-order valence-electron chi connectivity index (χ0n) is 16.1. The van der Waals surface area contributed by atoms with Gasteiger partial charge in [-0.2, -0.15) is 0 Å². The van der Waals surface area contributed by atoms with Crippen molar-refractivity contribution in [2.45, 2.75) is 31.7 Å². The second kappa shape index (κ2) is 6.70. The summed E-state index contributed by atoms with van der Waals surface area (Å²) in [6.07, 6.45) is 2.45. The lowest BCUT2D eigenvalue weighted by atomic mass is 10.1. The molecule has 9 heteroatoms. The van der Waals surface area contributed by atoms with Gasteiger partial charge in [-0.3, -0.25) is 9.31 Å². The minimum absolute atomic E-state index is 0.0321. The molecule has 0 amide bonds. The molecule has 0 saturated carbocycles. The fraction of sp³-hybridized carbons (Fsp3) is 0.250. The number of nitrogens with zero attached hydrogens (tertiary/aromatic N) is 2. The lowest BCUT2D eigenvalue weighted by Crippen LogP contribution is -2.31. The Labute approximate surface area is 167 Å². The highest BCUT2D eigenvalue weighted by atomic mass is 32.2. The molecule has 152 valence electrons. The number of hydrogen-bond donors (Lipinski definition) is 3. The van der Waals surface area contributed by atoms with E-state index in [0.29, 0.717) is 29.4 Å².